The topological polar surface area (TPSA) is 72.2 Å². The Labute approximate surface area is 129 Å². The highest BCUT2D eigenvalue weighted by Gasteiger charge is 2.09. The molecule has 0 atom stereocenters. The van der Waals surface area contributed by atoms with Crippen LogP contribution in [0.3, 0.4) is 0 Å². The summed E-state index contributed by atoms with van der Waals surface area (Å²) in [7, 11) is 0. The van der Waals surface area contributed by atoms with Gasteiger partial charge in [-0.1, -0.05) is 24.3 Å². The maximum Gasteiger partial charge on any atom is 0.276 e. The molecular formula is C15H11BrN2O3. The van der Waals surface area contributed by atoms with E-state index in [1.165, 1.54) is 18.2 Å². The molecule has 0 unspecified atom stereocenters. The van der Waals surface area contributed by atoms with Crippen molar-refractivity contribution in [2.75, 3.05) is 5.32 Å². The lowest BCUT2D eigenvalue weighted by atomic mass is 10.1. The number of carbonyl (C=O) groups excluding carboxylic acids is 1. The molecule has 1 amide bonds. The van der Waals surface area contributed by atoms with Gasteiger partial charge in [0.15, 0.2) is 0 Å². The minimum absolute atomic E-state index is 0.0394. The van der Waals surface area contributed by atoms with Crippen LogP contribution in [0.4, 0.5) is 11.4 Å². The van der Waals surface area contributed by atoms with Crippen molar-refractivity contribution in [2.45, 2.75) is 0 Å². The molecule has 0 radical (unpaired) electrons. The number of nitro benzene ring substituents is 1. The molecule has 0 fully saturated rings. The molecule has 0 bridgehead atoms. The summed E-state index contributed by atoms with van der Waals surface area (Å²) < 4.78 is 0.762. The highest BCUT2D eigenvalue weighted by atomic mass is 79.9. The number of carbonyl (C=O) groups is 1. The molecule has 6 heteroatoms. The number of nitro groups is 1. The second-order valence-electron chi connectivity index (χ2n) is 4.12. The van der Waals surface area contributed by atoms with Crippen LogP contribution in [-0.4, -0.2) is 10.8 Å². The molecule has 21 heavy (non-hydrogen) atoms. The van der Waals surface area contributed by atoms with Crippen LogP contribution in [-0.2, 0) is 4.79 Å². The van der Waals surface area contributed by atoms with Crippen LogP contribution in [0.2, 0.25) is 0 Å². The summed E-state index contributed by atoms with van der Waals surface area (Å²) in [6, 6.07) is 13.4. The zero-order chi connectivity index (χ0) is 15.2. The highest BCUT2D eigenvalue weighted by molar-refractivity contribution is 9.10. The molecular weight excluding hydrogens is 336 g/mol. The van der Waals surface area contributed by atoms with Gasteiger partial charge < -0.3 is 5.32 Å². The molecule has 0 heterocycles. The quantitative estimate of drug-likeness (QED) is 0.516. The number of nitrogens with zero attached hydrogens (tertiary/aromatic N) is 1. The van der Waals surface area contributed by atoms with Crippen molar-refractivity contribution in [3.63, 3.8) is 0 Å². The van der Waals surface area contributed by atoms with Gasteiger partial charge >= 0.3 is 0 Å². The van der Waals surface area contributed by atoms with Crippen LogP contribution in [0, 0.1) is 10.1 Å². The van der Waals surface area contributed by atoms with Crippen molar-refractivity contribution in [3.05, 3.63) is 74.8 Å². The minimum atomic E-state index is -0.481. The summed E-state index contributed by atoms with van der Waals surface area (Å²) in [4.78, 5) is 22.2. The van der Waals surface area contributed by atoms with Gasteiger partial charge in [-0.2, -0.15) is 0 Å². The number of hydrogen-bond acceptors (Lipinski definition) is 3. The van der Waals surface area contributed by atoms with Gasteiger partial charge in [-0.05, 0) is 40.2 Å². The average molecular weight is 347 g/mol. The Morgan fingerprint density at radius 3 is 2.52 bits per heavy atom. The summed E-state index contributed by atoms with van der Waals surface area (Å²) >= 11 is 3.32. The van der Waals surface area contributed by atoms with Gasteiger partial charge in [-0.3, -0.25) is 14.9 Å². The molecule has 1 N–H and O–H groups in total. The van der Waals surface area contributed by atoms with E-state index in [0.717, 1.165) is 4.47 Å². The Bertz CT molecular complexity index is 714. The zero-order valence-electron chi connectivity index (χ0n) is 10.8. The van der Waals surface area contributed by atoms with E-state index in [-0.39, 0.29) is 11.6 Å². The van der Waals surface area contributed by atoms with E-state index in [2.05, 4.69) is 21.2 Å². The van der Waals surface area contributed by atoms with Gasteiger partial charge in [0.2, 0.25) is 5.91 Å². The van der Waals surface area contributed by atoms with E-state index in [1.807, 2.05) is 6.07 Å². The van der Waals surface area contributed by atoms with Crippen molar-refractivity contribution in [1.82, 2.24) is 0 Å². The lowest BCUT2D eigenvalue weighted by Crippen LogP contribution is -2.08. The van der Waals surface area contributed by atoms with Crippen LogP contribution in [0.25, 0.3) is 6.08 Å². The van der Waals surface area contributed by atoms with Crippen LogP contribution < -0.4 is 5.32 Å². The third kappa shape index (κ3) is 4.00. The molecule has 2 rings (SSSR count). The fraction of sp³-hybridized carbons (Fsp3) is 0. The number of hydrogen-bond donors (Lipinski definition) is 1. The van der Waals surface area contributed by atoms with E-state index in [0.29, 0.717) is 11.3 Å². The van der Waals surface area contributed by atoms with Crippen molar-refractivity contribution in [2.24, 2.45) is 0 Å². The SMILES string of the molecule is O=C(C=Cc1ccccc1[N+](=O)[O-])Nc1ccccc1Br. The Balaban J connectivity index is 2.13. The minimum Gasteiger partial charge on any atom is -0.321 e. The Hall–Kier alpha value is -2.47. The monoisotopic (exact) mass is 346 g/mol. The Kier molecular flexibility index (Phi) is 4.84. The summed E-state index contributed by atoms with van der Waals surface area (Å²) in [5.41, 5.74) is 0.974. The number of amides is 1. The molecule has 2 aromatic carbocycles. The smallest absolute Gasteiger partial charge is 0.276 e. The predicted molar refractivity (Wildman–Crippen MR) is 84.9 cm³/mol. The highest BCUT2D eigenvalue weighted by Crippen LogP contribution is 2.22. The molecule has 0 aromatic heterocycles. The molecule has 0 aliphatic carbocycles. The third-order valence-corrected chi connectivity index (χ3v) is 3.37. The molecule has 0 aliphatic heterocycles. The summed E-state index contributed by atoms with van der Waals surface area (Å²) in [5, 5.41) is 13.6. The van der Waals surface area contributed by atoms with Gasteiger partial charge in [-0.15, -0.1) is 0 Å². The van der Waals surface area contributed by atoms with Crippen molar-refractivity contribution in [1.29, 1.82) is 0 Å². The fourth-order valence-corrected chi connectivity index (χ4v) is 2.08. The maximum absolute atomic E-state index is 11.8. The van der Waals surface area contributed by atoms with E-state index < -0.39 is 4.92 Å². The summed E-state index contributed by atoms with van der Waals surface area (Å²) in [6.45, 7) is 0. The van der Waals surface area contributed by atoms with Crippen molar-refractivity contribution in [3.8, 4) is 0 Å². The first-order chi connectivity index (χ1) is 10.1. The number of halogens is 1. The number of rotatable bonds is 4. The Morgan fingerprint density at radius 2 is 1.81 bits per heavy atom. The third-order valence-electron chi connectivity index (χ3n) is 2.68. The van der Waals surface area contributed by atoms with Gasteiger partial charge in [0.1, 0.15) is 0 Å². The number of benzene rings is 2. The fourth-order valence-electron chi connectivity index (χ4n) is 1.70. The van der Waals surface area contributed by atoms with Gasteiger partial charge in [0, 0.05) is 16.6 Å². The molecule has 0 spiro atoms. The first kappa shape index (κ1) is 14.9. The van der Waals surface area contributed by atoms with Crippen molar-refractivity contribution < 1.29 is 9.72 Å². The molecule has 2 aromatic rings. The first-order valence-corrected chi connectivity index (χ1v) is 6.84. The normalized spacial score (nSPS) is 10.5. The van der Waals surface area contributed by atoms with E-state index in [1.54, 1.807) is 36.4 Å². The molecule has 5 nitrogen and oxygen atoms in total. The molecule has 0 saturated heterocycles. The number of nitrogens with one attached hydrogen (secondary N) is 1. The van der Waals surface area contributed by atoms with Gasteiger partial charge in [-0.25, -0.2) is 0 Å². The van der Waals surface area contributed by atoms with E-state index >= 15 is 0 Å². The van der Waals surface area contributed by atoms with E-state index in [4.69, 9.17) is 0 Å². The average Bonchev–Trinajstić information content (AvgIpc) is 2.48. The van der Waals surface area contributed by atoms with Crippen LogP contribution in [0.5, 0.6) is 0 Å². The summed E-state index contributed by atoms with van der Waals surface area (Å²) in [6.07, 6.45) is 2.69. The van der Waals surface area contributed by atoms with Crippen LogP contribution in [0.15, 0.2) is 59.1 Å². The molecule has 106 valence electrons. The predicted octanol–water partition coefficient (Wildman–Crippen LogP) is 4.01. The lowest BCUT2D eigenvalue weighted by molar-refractivity contribution is -0.385. The molecule has 0 aliphatic rings. The molecule has 0 saturated carbocycles. The van der Waals surface area contributed by atoms with Crippen molar-refractivity contribution >= 4 is 39.3 Å². The van der Waals surface area contributed by atoms with Crippen LogP contribution >= 0.6 is 15.9 Å². The second kappa shape index (κ2) is 6.81. The summed E-state index contributed by atoms with van der Waals surface area (Å²) in [5.74, 6) is -0.361. The van der Waals surface area contributed by atoms with Crippen LogP contribution in [0.1, 0.15) is 5.56 Å². The largest absolute Gasteiger partial charge is 0.321 e. The maximum atomic E-state index is 11.8. The van der Waals surface area contributed by atoms with Gasteiger partial charge in [0.05, 0.1) is 16.2 Å². The Morgan fingerprint density at radius 1 is 1.14 bits per heavy atom. The first-order valence-electron chi connectivity index (χ1n) is 6.05. The van der Waals surface area contributed by atoms with E-state index in [9.17, 15) is 14.9 Å². The standard InChI is InChI=1S/C15H11BrN2O3/c16-12-6-2-3-7-13(12)17-15(19)10-9-11-5-1-4-8-14(11)18(20)21/h1-10H,(H,17,19). The number of anilines is 1. The zero-order valence-corrected chi connectivity index (χ0v) is 12.4. The second-order valence-corrected chi connectivity index (χ2v) is 4.97. The number of para-hydroxylation sites is 2. The lowest BCUT2D eigenvalue weighted by Gasteiger charge is -2.04. The van der Waals surface area contributed by atoms with Gasteiger partial charge in [0.25, 0.3) is 5.69 Å².